The summed E-state index contributed by atoms with van der Waals surface area (Å²) in [6.45, 7) is 1.82. The minimum Gasteiger partial charge on any atom is -0.350 e. The van der Waals surface area contributed by atoms with Crippen molar-refractivity contribution in [2.45, 2.75) is 43.2 Å². The maximum atomic E-state index is 12.4. The zero-order valence-corrected chi connectivity index (χ0v) is 15.1. The average Bonchev–Trinajstić information content (AvgIpc) is 3.44. The van der Waals surface area contributed by atoms with Gasteiger partial charge in [-0.15, -0.1) is 0 Å². The summed E-state index contributed by atoms with van der Waals surface area (Å²) >= 11 is 0. The number of nitrogens with two attached hydrogens (primary N) is 1. The van der Waals surface area contributed by atoms with E-state index in [9.17, 15) is 18.0 Å². The molecule has 1 aliphatic rings. The van der Waals surface area contributed by atoms with Crippen LogP contribution in [-0.4, -0.2) is 24.1 Å². The van der Waals surface area contributed by atoms with Crippen molar-refractivity contribution in [2.75, 3.05) is 0 Å². The second-order valence-electron chi connectivity index (χ2n) is 6.40. The van der Waals surface area contributed by atoms with Gasteiger partial charge < -0.3 is 5.32 Å². The van der Waals surface area contributed by atoms with Crippen LogP contribution in [0.2, 0.25) is 0 Å². The minimum absolute atomic E-state index is 0.00795. The Morgan fingerprint density at radius 2 is 1.92 bits per heavy atom. The van der Waals surface area contributed by atoms with Gasteiger partial charge in [0.15, 0.2) is 0 Å². The summed E-state index contributed by atoms with van der Waals surface area (Å²) in [6.07, 6.45) is 2.11. The van der Waals surface area contributed by atoms with E-state index in [1.807, 2.05) is 0 Å². The zero-order chi connectivity index (χ0) is 18.9. The predicted molar refractivity (Wildman–Crippen MR) is 94.8 cm³/mol. The normalized spacial score (nSPS) is 15.5. The third-order valence-electron chi connectivity index (χ3n) is 4.31. The van der Waals surface area contributed by atoms with Gasteiger partial charge in [-0.25, -0.2) is 18.2 Å². The molecule has 138 valence electrons. The molecule has 0 saturated heterocycles. The van der Waals surface area contributed by atoms with Crippen molar-refractivity contribution in [3.63, 3.8) is 0 Å². The first-order valence-corrected chi connectivity index (χ1v) is 9.79. The summed E-state index contributed by atoms with van der Waals surface area (Å²) in [5.41, 5.74) is 1.22. The van der Waals surface area contributed by atoms with Crippen molar-refractivity contribution in [3.8, 4) is 0 Å². The van der Waals surface area contributed by atoms with Gasteiger partial charge in [0.2, 0.25) is 15.9 Å². The SMILES string of the molecule is CC(C(=O)NCc1ccc(S(N)(=O)=O)cc1)n1nc(C2CC2)ccc1=O. The van der Waals surface area contributed by atoms with E-state index < -0.39 is 16.1 Å². The molecule has 0 spiro atoms. The van der Waals surface area contributed by atoms with E-state index in [1.54, 1.807) is 25.1 Å². The Morgan fingerprint density at radius 3 is 2.50 bits per heavy atom. The van der Waals surface area contributed by atoms with E-state index in [0.717, 1.165) is 18.5 Å². The van der Waals surface area contributed by atoms with Crippen molar-refractivity contribution in [2.24, 2.45) is 5.14 Å². The van der Waals surface area contributed by atoms with Crippen LogP contribution in [0.15, 0.2) is 46.1 Å². The molecular formula is C17H20N4O4S. The minimum atomic E-state index is -3.74. The van der Waals surface area contributed by atoms with E-state index in [0.29, 0.717) is 11.5 Å². The Morgan fingerprint density at radius 1 is 1.27 bits per heavy atom. The Balaban J connectivity index is 1.66. The van der Waals surface area contributed by atoms with Gasteiger partial charge >= 0.3 is 0 Å². The van der Waals surface area contributed by atoms with E-state index in [4.69, 9.17) is 5.14 Å². The molecule has 0 bridgehead atoms. The third-order valence-corrected chi connectivity index (χ3v) is 5.24. The molecule has 1 atom stereocenters. The molecule has 1 aliphatic carbocycles. The van der Waals surface area contributed by atoms with Crippen molar-refractivity contribution >= 4 is 15.9 Å². The lowest BCUT2D eigenvalue weighted by Gasteiger charge is -2.15. The van der Waals surface area contributed by atoms with Gasteiger partial charge in [0.25, 0.3) is 5.56 Å². The van der Waals surface area contributed by atoms with Gasteiger partial charge in [-0.2, -0.15) is 5.10 Å². The molecule has 1 aromatic heterocycles. The van der Waals surface area contributed by atoms with Crippen LogP contribution in [0.4, 0.5) is 0 Å². The monoisotopic (exact) mass is 376 g/mol. The number of nitrogens with one attached hydrogen (secondary N) is 1. The lowest BCUT2D eigenvalue weighted by molar-refractivity contribution is -0.124. The second-order valence-corrected chi connectivity index (χ2v) is 7.96. The average molecular weight is 376 g/mol. The Hall–Kier alpha value is -2.52. The van der Waals surface area contributed by atoms with Gasteiger partial charge in [0, 0.05) is 18.5 Å². The highest BCUT2D eigenvalue weighted by Crippen LogP contribution is 2.38. The zero-order valence-electron chi connectivity index (χ0n) is 14.3. The highest BCUT2D eigenvalue weighted by molar-refractivity contribution is 7.89. The number of hydrogen-bond acceptors (Lipinski definition) is 5. The number of sulfonamides is 1. The number of primary sulfonamides is 1. The Kier molecular flexibility index (Phi) is 4.92. The number of benzene rings is 1. The molecular weight excluding hydrogens is 356 g/mol. The van der Waals surface area contributed by atoms with Crippen LogP contribution in [0.25, 0.3) is 0 Å². The van der Waals surface area contributed by atoms with E-state index in [2.05, 4.69) is 10.4 Å². The lowest BCUT2D eigenvalue weighted by Crippen LogP contribution is -2.37. The van der Waals surface area contributed by atoms with Crippen LogP contribution in [0.3, 0.4) is 0 Å². The molecule has 2 aromatic rings. The van der Waals surface area contributed by atoms with Gasteiger partial charge in [0.05, 0.1) is 10.6 Å². The summed E-state index contributed by atoms with van der Waals surface area (Å²) < 4.78 is 23.7. The Bertz CT molecular complexity index is 979. The highest BCUT2D eigenvalue weighted by atomic mass is 32.2. The number of rotatable bonds is 6. The van der Waals surface area contributed by atoms with Gasteiger partial charge in [-0.1, -0.05) is 12.1 Å². The molecule has 8 nitrogen and oxygen atoms in total. The molecule has 3 rings (SSSR count). The molecule has 3 N–H and O–H groups in total. The first-order valence-electron chi connectivity index (χ1n) is 8.25. The van der Waals surface area contributed by atoms with E-state index in [-0.39, 0.29) is 22.9 Å². The quantitative estimate of drug-likeness (QED) is 0.766. The summed E-state index contributed by atoms with van der Waals surface area (Å²) in [4.78, 5) is 24.4. The fourth-order valence-corrected chi connectivity index (χ4v) is 3.07. The van der Waals surface area contributed by atoms with Crippen LogP contribution < -0.4 is 16.0 Å². The fourth-order valence-electron chi connectivity index (χ4n) is 2.56. The maximum absolute atomic E-state index is 12.4. The smallest absolute Gasteiger partial charge is 0.267 e. The number of nitrogens with zero attached hydrogens (tertiary/aromatic N) is 2. The predicted octanol–water partition coefficient (Wildman–Crippen LogP) is 0.645. The van der Waals surface area contributed by atoms with Crippen LogP contribution in [-0.2, 0) is 21.4 Å². The standard InChI is InChI=1S/C17H20N4O4S/c1-11(21-16(22)9-8-15(20-21)13-4-5-13)17(23)19-10-12-2-6-14(7-3-12)26(18,24)25/h2-3,6-9,11,13H,4-5,10H2,1H3,(H,19,23)(H2,18,24,25). The third kappa shape index (κ3) is 4.17. The molecule has 9 heteroatoms. The van der Waals surface area contributed by atoms with Crippen LogP contribution in [0, 0.1) is 0 Å². The molecule has 0 radical (unpaired) electrons. The van der Waals surface area contributed by atoms with Gasteiger partial charge in [-0.3, -0.25) is 9.59 Å². The van der Waals surface area contributed by atoms with Crippen molar-refractivity contribution < 1.29 is 13.2 Å². The summed E-state index contributed by atoms with van der Waals surface area (Å²) in [5.74, 6) is 0.0394. The van der Waals surface area contributed by atoms with Crippen molar-refractivity contribution in [3.05, 3.63) is 58.0 Å². The molecule has 1 unspecified atom stereocenters. The molecule has 1 fully saturated rings. The number of hydrogen-bond donors (Lipinski definition) is 2. The first-order chi connectivity index (χ1) is 12.3. The molecule has 1 saturated carbocycles. The topological polar surface area (TPSA) is 124 Å². The summed E-state index contributed by atoms with van der Waals surface area (Å²) in [6, 6.07) is 8.32. The highest BCUT2D eigenvalue weighted by Gasteiger charge is 2.27. The summed E-state index contributed by atoms with van der Waals surface area (Å²) in [5, 5.41) is 12.1. The van der Waals surface area contributed by atoms with Gasteiger partial charge in [0.1, 0.15) is 6.04 Å². The largest absolute Gasteiger partial charge is 0.350 e. The lowest BCUT2D eigenvalue weighted by atomic mass is 10.2. The fraction of sp³-hybridized carbons (Fsp3) is 0.353. The van der Waals surface area contributed by atoms with E-state index in [1.165, 1.54) is 22.9 Å². The van der Waals surface area contributed by atoms with Crippen LogP contribution in [0.1, 0.15) is 43.0 Å². The first kappa shape index (κ1) is 18.3. The Labute approximate surface area is 151 Å². The van der Waals surface area contributed by atoms with E-state index >= 15 is 0 Å². The summed E-state index contributed by atoms with van der Waals surface area (Å²) in [7, 11) is -3.74. The molecule has 1 amide bonds. The number of carbonyl (C=O) groups excluding carboxylic acids is 1. The second kappa shape index (κ2) is 7.00. The van der Waals surface area contributed by atoms with Gasteiger partial charge in [-0.05, 0) is 43.5 Å². The van der Waals surface area contributed by atoms with Crippen LogP contribution >= 0.6 is 0 Å². The number of carbonyl (C=O) groups is 1. The molecule has 0 aliphatic heterocycles. The van der Waals surface area contributed by atoms with Crippen molar-refractivity contribution in [1.29, 1.82) is 0 Å². The number of aromatic nitrogens is 2. The molecule has 1 aromatic carbocycles. The maximum Gasteiger partial charge on any atom is 0.267 e. The van der Waals surface area contributed by atoms with Crippen LogP contribution in [0.5, 0.6) is 0 Å². The number of amides is 1. The molecule has 1 heterocycles. The van der Waals surface area contributed by atoms with Crippen molar-refractivity contribution in [1.82, 2.24) is 15.1 Å². The molecule has 26 heavy (non-hydrogen) atoms.